The molecule has 13 heavy (non-hydrogen) atoms. The van der Waals surface area contributed by atoms with E-state index in [1.165, 1.54) is 32.1 Å². The molecular formula is C10H20ClNO. The number of piperidine rings is 1. The van der Waals surface area contributed by atoms with Gasteiger partial charge in [-0.05, 0) is 32.2 Å². The van der Waals surface area contributed by atoms with Crippen LogP contribution in [0.4, 0.5) is 0 Å². The van der Waals surface area contributed by atoms with Crippen molar-refractivity contribution in [1.82, 2.24) is 5.32 Å². The molecule has 78 valence electrons. The van der Waals surface area contributed by atoms with Crippen molar-refractivity contribution in [3.8, 4) is 0 Å². The summed E-state index contributed by atoms with van der Waals surface area (Å²) >= 11 is 0. The smallest absolute Gasteiger partial charge is 0.0722 e. The zero-order chi connectivity index (χ0) is 8.44. The fourth-order valence-electron chi connectivity index (χ4n) is 2.72. The van der Waals surface area contributed by atoms with Crippen LogP contribution in [-0.2, 0) is 0 Å². The molecule has 1 saturated carbocycles. The van der Waals surface area contributed by atoms with Gasteiger partial charge in [-0.2, -0.15) is 0 Å². The van der Waals surface area contributed by atoms with Gasteiger partial charge in [0.15, 0.2) is 0 Å². The molecule has 1 atom stereocenters. The van der Waals surface area contributed by atoms with Gasteiger partial charge in [-0.15, -0.1) is 12.4 Å². The lowest BCUT2D eigenvalue weighted by molar-refractivity contribution is 0.00764. The van der Waals surface area contributed by atoms with Crippen molar-refractivity contribution in [1.29, 1.82) is 0 Å². The summed E-state index contributed by atoms with van der Waals surface area (Å²) in [6.45, 7) is 1.11. The van der Waals surface area contributed by atoms with E-state index in [9.17, 15) is 5.11 Å². The zero-order valence-electron chi connectivity index (χ0n) is 8.09. The lowest BCUT2D eigenvalue weighted by Crippen LogP contribution is -2.58. The number of aliphatic hydroxyl groups excluding tert-OH is 1. The number of hydrogen-bond acceptors (Lipinski definition) is 2. The summed E-state index contributed by atoms with van der Waals surface area (Å²) in [5, 5.41) is 13.5. The van der Waals surface area contributed by atoms with Crippen LogP contribution in [0.3, 0.4) is 0 Å². The molecule has 2 rings (SSSR count). The summed E-state index contributed by atoms with van der Waals surface area (Å²) in [5.74, 6) is 0. The summed E-state index contributed by atoms with van der Waals surface area (Å²) < 4.78 is 0. The average molecular weight is 206 g/mol. The number of nitrogens with one attached hydrogen (secondary N) is 1. The lowest BCUT2D eigenvalue weighted by atomic mass is 9.74. The maximum Gasteiger partial charge on any atom is 0.0722 e. The van der Waals surface area contributed by atoms with Crippen LogP contribution in [0.5, 0.6) is 0 Å². The summed E-state index contributed by atoms with van der Waals surface area (Å²) in [5.41, 5.74) is 0.122. The van der Waals surface area contributed by atoms with Crippen LogP contribution in [0.25, 0.3) is 0 Å². The van der Waals surface area contributed by atoms with Crippen molar-refractivity contribution in [2.24, 2.45) is 0 Å². The number of hydrogen-bond donors (Lipinski definition) is 2. The fraction of sp³-hybridized carbons (Fsp3) is 1.00. The van der Waals surface area contributed by atoms with Gasteiger partial charge in [-0.25, -0.2) is 0 Å². The van der Waals surface area contributed by atoms with E-state index in [1.807, 2.05) is 0 Å². The Kier molecular flexibility index (Phi) is 4.02. The van der Waals surface area contributed by atoms with Gasteiger partial charge in [0, 0.05) is 5.54 Å². The Balaban J connectivity index is 0.000000845. The molecule has 0 bridgehead atoms. The van der Waals surface area contributed by atoms with Crippen molar-refractivity contribution in [2.75, 3.05) is 6.54 Å². The minimum absolute atomic E-state index is 0. The molecule has 1 spiro atoms. The minimum Gasteiger partial charge on any atom is -0.391 e. The Bertz CT molecular complexity index is 149. The van der Waals surface area contributed by atoms with Gasteiger partial charge in [-0.1, -0.05) is 19.3 Å². The second-order valence-electron chi connectivity index (χ2n) is 4.30. The predicted octanol–water partition coefficient (Wildman–Crippen LogP) is 1.86. The molecule has 2 aliphatic rings. The molecule has 2 nitrogen and oxygen atoms in total. The third-order valence-corrected chi connectivity index (χ3v) is 3.52. The highest BCUT2D eigenvalue weighted by Crippen LogP contribution is 2.34. The minimum atomic E-state index is -0.0773. The van der Waals surface area contributed by atoms with E-state index in [4.69, 9.17) is 0 Å². The first-order valence-electron chi connectivity index (χ1n) is 5.27. The predicted molar refractivity (Wildman–Crippen MR) is 56.3 cm³/mol. The van der Waals surface area contributed by atoms with Crippen molar-refractivity contribution >= 4 is 12.4 Å². The topological polar surface area (TPSA) is 32.3 Å². The molecule has 2 N–H and O–H groups in total. The Morgan fingerprint density at radius 2 is 1.77 bits per heavy atom. The van der Waals surface area contributed by atoms with Crippen LogP contribution in [0, 0.1) is 0 Å². The van der Waals surface area contributed by atoms with Gasteiger partial charge in [0.05, 0.1) is 6.10 Å². The summed E-state index contributed by atoms with van der Waals surface area (Å²) in [6, 6.07) is 0. The second kappa shape index (κ2) is 4.63. The van der Waals surface area contributed by atoms with Crippen LogP contribution in [0.1, 0.15) is 44.9 Å². The Morgan fingerprint density at radius 3 is 2.38 bits per heavy atom. The molecule has 0 aromatic rings. The van der Waals surface area contributed by atoms with Crippen molar-refractivity contribution in [2.45, 2.75) is 56.6 Å². The molecule has 1 heterocycles. The number of rotatable bonds is 0. The highest BCUT2D eigenvalue weighted by molar-refractivity contribution is 5.85. The van der Waals surface area contributed by atoms with Crippen LogP contribution in [0.2, 0.25) is 0 Å². The Morgan fingerprint density at radius 1 is 1.08 bits per heavy atom. The van der Waals surface area contributed by atoms with Crippen molar-refractivity contribution in [3.05, 3.63) is 0 Å². The monoisotopic (exact) mass is 205 g/mol. The van der Waals surface area contributed by atoms with E-state index in [0.29, 0.717) is 0 Å². The van der Waals surface area contributed by atoms with Gasteiger partial charge >= 0.3 is 0 Å². The summed E-state index contributed by atoms with van der Waals surface area (Å²) in [6.07, 6.45) is 8.40. The maximum absolute atomic E-state index is 9.92. The van der Waals surface area contributed by atoms with Crippen molar-refractivity contribution < 1.29 is 5.11 Å². The first-order valence-corrected chi connectivity index (χ1v) is 5.27. The molecule has 3 heteroatoms. The Hall–Kier alpha value is 0.210. The number of aliphatic hydroxyl groups is 1. The molecule has 0 aromatic heterocycles. The third kappa shape index (κ3) is 2.17. The fourth-order valence-corrected chi connectivity index (χ4v) is 2.72. The third-order valence-electron chi connectivity index (χ3n) is 3.52. The maximum atomic E-state index is 9.92. The van der Waals surface area contributed by atoms with Crippen LogP contribution in [0.15, 0.2) is 0 Å². The van der Waals surface area contributed by atoms with E-state index in [2.05, 4.69) is 5.32 Å². The molecule has 0 amide bonds. The van der Waals surface area contributed by atoms with Crippen molar-refractivity contribution in [3.63, 3.8) is 0 Å². The molecule has 0 radical (unpaired) electrons. The quantitative estimate of drug-likeness (QED) is 0.633. The molecule has 1 aliphatic heterocycles. The standard InChI is InChI=1S/C10H19NO.ClH/c12-9-5-4-8-11-10(9)6-2-1-3-7-10;/h9,11-12H,1-8H2;1H. The normalized spacial score (nSPS) is 32.5. The molecule has 1 aliphatic carbocycles. The molecule has 1 unspecified atom stereocenters. The SMILES string of the molecule is Cl.OC1CCCNC12CCCCC2. The lowest BCUT2D eigenvalue weighted by Gasteiger charge is -2.45. The number of halogens is 1. The average Bonchev–Trinajstić information content (AvgIpc) is 2.12. The van der Waals surface area contributed by atoms with Gasteiger partial charge in [-0.3, -0.25) is 0 Å². The van der Waals surface area contributed by atoms with E-state index in [1.54, 1.807) is 0 Å². The van der Waals surface area contributed by atoms with E-state index in [0.717, 1.165) is 19.4 Å². The molecule has 2 fully saturated rings. The van der Waals surface area contributed by atoms with Gasteiger partial charge in [0.2, 0.25) is 0 Å². The first kappa shape index (κ1) is 11.3. The Labute approximate surface area is 86.5 Å². The zero-order valence-corrected chi connectivity index (χ0v) is 8.91. The summed E-state index contributed by atoms with van der Waals surface area (Å²) in [7, 11) is 0. The van der Waals surface area contributed by atoms with Crippen LogP contribution < -0.4 is 5.32 Å². The van der Waals surface area contributed by atoms with E-state index < -0.39 is 0 Å². The van der Waals surface area contributed by atoms with Gasteiger partial charge in [0.1, 0.15) is 0 Å². The van der Waals surface area contributed by atoms with Gasteiger partial charge in [0.25, 0.3) is 0 Å². The van der Waals surface area contributed by atoms with E-state index in [-0.39, 0.29) is 24.0 Å². The van der Waals surface area contributed by atoms with E-state index >= 15 is 0 Å². The first-order chi connectivity index (χ1) is 5.83. The largest absolute Gasteiger partial charge is 0.391 e. The second-order valence-corrected chi connectivity index (χ2v) is 4.30. The highest BCUT2D eigenvalue weighted by atomic mass is 35.5. The molecular weight excluding hydrogens is 186 g/mol. The molecule has 0 aromatic carbocycles. The van der Waals surface area contributed by atoms with Crippen LogP contribution >= 0.6 is 12.4 Å². The van der Waals surface area contributed by atoms with Crippen LogP contribution in [-0.4, -0.2) is 23.3 Å². The summed E-state index contributed by atoms with van der Waals surface area (Å²) in [4.78, 5) is 0. The van der Waals surface area contributed by atoms with Gasteiger partial charge < -0.3 is 10.4 Å². The highest BCUT2D eigenvalue weighted by Gasteiger charge is 2.39. The molecule has 1 saturated heterocycles.